The quantitative estimate of drug-likeness (QED) is 0.353. The zero-order valence-electron chi connectivity index (χ0n) is 5.20. The molecule has 0 aliphatic rings. The van der Waals surface area contributed by atoms with Crippen LogP contribution in [0.2, 0.25) is 0 Å². The summed E-state index contributed by atoms with van der Waals surface area (Å²) < 4.78 is 0. The lowest BCUT2D eigenvalue weighted by atomic mass is 10.3. The number of nitrogens with two attached hydrogens (primary N) is 2. The Morgan fingerprint density at radius 3 is 2.10 bits per heavy atom. The number of nitrogens with one attached hydrogen (secondary N) is 1. The molecular formula is C4H9N3O3. The summed E-state index contributed by atoms with van der Waals surface area (Å²) in [6.07, 6.45) is 0. The van der Waals surface area contributed by atoms with Crippen LogP contribution in [0.4, 0.5) is 4.79 Å². The van der Waals surface area contributed by atoms with Gasteiger partial charge in [-0.15, -0.1) is 0 Å². The molecule has 0 aromatic rings. The largest absolute Gasteiger partial charge is 0.394 e. The summed E-state index contributed by atoms with van der Waals surface area (Å²) in [6.45, 7) is -0.543. The van der Waals surface area contributed by atoms with Crippen molar-refractivity contribution in [2.75, 3.05) is 6.61 Å². The average Bonchev–Trinajstić information content (AvgIpc) is 1.81. The smallest absolute Gasteiger partial charge is 0.312 e. The van der Waals surface area contributed by atoms with Crippen LogP contribution < -0.4 is 16.8 Å². The van der Waals surface area contributed by atoms with Gasteiger partial charge in [0, 0.05) is 0 Å². The first-order valence-electron chi connectivity index (χ1n) is 2.54. The number of rotatable bonds is 3. The Kier molecular flexibility index (Phi) is 3.20. The zero-order valence-corrected chi connectivity index (χ0v) is 5.20. The van der Waals surface area contributed by atoms with Crippen molar-refractivity contribution in [3.8, 4) is 0 Å². The maximum Gasteiger partial charge on any atom is 0.312 e. The van der Waals surface area contributed by atoms with Gasteiger partial charge in [0.15, 0.2) is 0 Å². The number of hydrogen-bond acceptors (Lipinski definition) is 3. The van der Waals surface area contributed by atoms with E-state index in [1.807, 2.05) is 5.32 Å². The summed E-state index contributed by atoms with van der Waals surface area (Å²) in [5.41, 5.74) is 9.36. The van der Waals surface area contributed by atoms with Gasteiger partial charge in [0.05, 0.1) is 6.61 Å². The summed E-state index contributed by atoms with van der Waals surface area (Å²) in [7, 11) is 0. The van der Waals surface area contributed by atoms with E-state index in [1.54, 1.807) is 0 Å². The minimum atomic E-state index is -1.09. The van der Waals surface area contributed by atoms with Gasteiger partial charge in [-0.1, -0.05) is 0 Å². The van der Waals surface area contributed by atoms with Crippen LogP contribution in [0.1, 0.15) is 0 Å². The molecule has 0 aromatic heterocycles. The summed E-state index contributed by atoms with van der Waals surface area (Å²) >= 11 is 0. The van der Waals surface area contributed by atoms with Crippen molar-refractivity contribution in [3.05, 3.63) is 0 Å². The second-order valence-corrected chi connectivity index (χ2v) is 1.65. The molecule has 0 spiro atoms. The fraction of sp³-hybridized carbons (Fsp3) is 0.500. The molecular weight excluding hydrogens is 138 g/mol. The van der Waals surface area contributed by atoms with Gasteiger partial charge in [0.2, 0.25) is 5.91 Å². The van der Waals surface area contributed by atoms with Crippen molar-refractivity contribution < 1.29 is 14.7 Å². The predicted molar refractivity (Wildman–Crippen MR) is 32.8 cm³/mol. The Morgan fingerprint density at radius 2 is 2.00 bits per heavy atom. The molecule has 0 aliphatic carbocycles. The van der Waals surface area contributed by atoms with Crippen LogP contribution in [0.15, 0.2) is 0 Å². The van der Waals surface area contributed by atoms with E-state index in [-0.39, 0.29) is 0 Å². The third kappa shape index (κ3) is 2.88. The van der Waals surface area contributed by atoms with Gasteiger partial charge in [0.25, 0.3) is 0 Å². The Balaban J connectivity index is 3.83. The molecule has 1 unspecified atom stereocenters. The maximum atomic E-state index is 10.3. The monoisotopic (exact) mass is 147 g/mol. The van der Waals surface area contributed by atoms with Gasteiger partial charge in [-0.3, -0.25) is 4.79 Å². The van der Waals surface area contributed by atoms with Crippen molar-refractivity contribution in [2.24, 2.45) is 11.5 Å². The van der Waals surface area contributed by atoms with Crippen molar-refractivity contribution in [1.82, 2.24) is 5.32 Å². The standard InChI is InChI=1S/C4H9N3O3/c5-3(9)2(1-8)7-4(6)10/h2,8H,1H2,(H2,5,9)(H3,6,7,10). The maximum absolute atomic E-state index is 10.3. The van der Waals surface area contributed by atoms with Gasteiger partial charge in [-0.25, -0.2) is 4.79 Å². The van der Waals surface area contributed by atoms with Crippen LogP contribution in [0.3, 0.4) is 0 Å². The van der Waals surface area contributed by atoms with E-state index in [9.17, 15) is 9.59 Å². The molecule has 0 heterocycles. The number of primary amides is 2. The first-order chi connectivity index (χ1) is 4.57. The molecule has 0 rings (SSSR count). The number of aliphatic hydroxyl groups excluding tert-OH is 1. The van der Waals surface area contributed by atoms with Gasteiger partial charge >= 0.3 is 6.03 Å². The van der Waals surface area contributed by atoms with Gasteiger partial charge in [-0.2, -0.15) is 0 Å². The highest BCUT2D eigenvalue weighted by atomic mass is 16.3. The average molecular weight is 147 g/mol. The molecule has 6 N–H and O–H groups in total. The lowest BCUT2D eigenvalue weighted by molar-refractivity contribution is -0.120. The molecule has 0 bridgehead atoms. The summed E-state index contributed by atoms with van der Waals surface area (Å²) in [4.78, 5) is 20.3. The van der Waals surface area contributed by atoms with E-state index in [1.165, 1.54) is 0 Å². The van der Waals surface area contributed by atoms with Crippen molar-refractivity contribution in [1.29, 1.82) is 0 Å². The van der Waals surface area contributed by atoms with E-state index >= 15 is 0 Å². The third-order valence-electron chi connectivity index (χ3n) is 0.843. The van der Waals surface area contributed by atoms with E-state index in [0.717, 1.165) is 0 Å². The van der Waals surface area contributed by atoms with Gasteiger partial charge in [-0.05, 0) is 0 Å². The third-order valence-corrected chi connectivity index (χ3v) is 0.843. The Bertz CT molecular complexity index is 147. The molecule has 0 aliphatic heterocycles. The van der Waals surface area contributed by atoms with Gasteiger partial charge < -0.3 is 21.9 Å². The van der Waals surface area contributed by atoms with Crippen molar-refractivity contribution in [3.63, 3.8) is 0 Å². The fourth-order valence-electron chi connectivity index (χ4n) is 0.378. The summed E-state index contributed by atoms with van der Waals surface area (Å²) in [5, 5.41) is 10.3. The normalized spacial score (nSPS) is 12.1. The van der Waals surface area contributed by atoms with Crippen molar-refractivity contribution in [2.45, 2.75) is 6.04 Å². The highest BCUT2D eigenvalue weighted by Gasteiger charge is 2.13. The number of carbonyl (C=O) groups excluding carboxylic acids is 2. The highest BCUT2D eigenvalue weighted by molar-refractivity contribution is 5.85. The van der Waals surface area contributed by atoms with E-state index in [0.29, 0.717) is 0 Å². The van der Waals surface area contributed by atoms with E-state index < -0.39 is 24.6 Å². The fourth-order valence-corrected chi connectivity index (χ4v) is 0.378. The van der Waals surface area contributed by atoms with E-state index in [2.05, 4.69) is 5.73 Å². The van der Waals surface area contributed by atoms with Crippen molar-refractivity contribution >= 4 is 11.9 Å². The Hall–Kier alpha value is -1.30. The molecule has 6 nitrogen and oxygen atoms in total. The lowest BCUT2D eigenvalue weighted by Crippen LogP contribution is -2.48. The molecule has 0 aromatic carbocycles. The summed E-state index contributed by atoms with van der Waals surface area (Å²) in [6, 6.07) is -1.98. The topological polar surface area (TPSA) is 118 Å². The molecule has 0 radical (unpaired) electrons. The molecule has 6 heteroatoms. The van der Waals surface area contributed by atoms with Crippen LogP contribution in [-0.4, -0.2) is 29.7 Å². The highest BCUT2D eigenvalue weighted by Crippen LogP contribution is 1.77. The second-order valence-electron chi connectivity index (χ2n) is 1.65. The van der Waals surface area contributed by atoms with Crippen LogP contribution >= 0.6 is 0 Å². The summed E-state index contributed by atoms with van der Waals surface area (Å²) in [5.74, 6) is -0.818. The molecule has 58 valence electrons. The Morgan fingerprint density at radius 1 is 1.50 bits per heavy atom. The molecule has 0 saturated carbocycles. The number of urea groups is 1. The number of amides is 3. The van der Waals surface area contributed by atoms with Crippen LogP contribution in [-0.2, 0) is 4.79 Å². The molecule has 0 saturated heterocycles. The van der Waals surface area contributed by atoms with Crippen LogP contribution in [0.25, 0.3) is 0 Å². The minimum Gasteiger partial charge on any atom is -0.394 e. The second kappa shape index (κ2) is 3.67. The van der Waals surface area contributed by atoms with Crippen LogP contribution in [0, 0.1) is 0 Å². The zero-order chi connectivity index (χ0) is 8.15. The number of aliphatic hydroxyl groups is 1. The van der Waals surface area contributed by atoms with Crippen LogP contribution in [0.5, 0.6) is 0 Å². The SMILES string of the molecule is NC(=O)NC(CO)C(N)=O. The number of carbonyl (C=O) groups is 2. The predicted octanol–water partition coefficient (Wildman–Crippen LogP) is -2.50. The van der Waals surface area contributed by atoms with Gasteiger partial charge in [0.1, 0.15) is 6.04 Å². The lowest BCUT2D eigenvalue weighted by Gasteiger charge is -2.08. The first-order valence-corrected chi connectivity index (χ1v) is 2.54. The Labute approximate surface area is 57.2 Å². The van der Waals surface area contributed by atoms with E-state index in [4.69, 9.17) is 10.8 Å². The molecule has 0 fully saturated rings. The molecule has 3 amide bonds. The minimum absolute atomic E-state index is 0.543. The number of hydrogen-bond donors (Lipinski definition) is 4. The molecule has 10 heavy (non-hydrogen) atoms. The first kappa shape index (κ1) is 8.70. The molecule has 1 atom stereocenters.